The van der Waals surface area contributed by atoms with Gasteiger partial charge in [0.15, 0.2) is 11.5 Å². The molecule has 0 heterocycles. The van der Waals surface area contributed by atoms with Gasteiger partial charge in [-0.15, -0.1) is 0 Å². The van der Waals surface area contributed by atoms with Crippen LogP contribution >= 0.6 is 34.8 Å². The first-order valence-corrected chi connectivity index (χ1v) is 11.5. The monoisotopic (exact) mass is 514 g/mol. The highest BCUT2D eigenvalue weighted by Gasteiger charge is 2.16. The van der Waals surface area contributed by atoms with Crippen molar-refractivity contribution >= 4 is 52.5 Å². The van der Waals surface area contributed by atoms with Gasteiger partial charge in [0.05, 0.1) is 11.6 Å². The summed E-state index contributed by atoms with van der Waals surface area (Å²) in [4.78, 5) is 12.7. The largest absolute Gasteiger partial charge is 0.490 e. The molecule has 34 heavy (non-hydrogen) atoms. The van der Waals surface area contributed by atoms with Gasteiger partial charge >= 0.3 is 0 Å². The van der Waals surface area contributed by atoms with Gasteiger partial charge in [-0.05, 0) is 73.0 Å². The van der Waals surface area contributed by atoms with Crippen LogP contribution in [0.4, 0.5) is 5.69 Å². The molecule has 3 aromatic carbocycles. The topological polar surface area (TPSA) is 71.3 Å². The molecule has 0 aliphatic rings. The number of rotatable bonds is 8. The second-order valence-electron chi connectivity index (χ2n) is 7.21. The quantitative estimate of drug-likeness (QED) is 0.249. The Morgan fingerprint density at radius 2 is 1.79 bits per heavy atom. The van der Waals surface area contributed by atoms with E-state index >= 15 is 0 Å². The predicted octanol–water partition coefficient (Wildman–Crippen LogP) is 7.48. The molecule has 1 amide bonds. The zero-order valence-electron chi connectivity index (χ0n) is 18.5. The minimum atomic E-state index is -0.565. The lowest BCUT2D eigenvalue weighted by molar-refractivity contribution is -0.112. The average molecular weight is 516 g/mol. The summed E-state index contributed by atoms with van der Waals surface area (Å²) in [5, 5.41) is 13.7. The first-order valence-electron chi connectivity index (χ1n) is 10.3. The van der Waals surface area contributed by atoms with Gasteiger partial charge in [0, 0.05) is 15.7 Å². The predicted molar refractivity (Wildman–Crippen MR) is 137 cm³/mol. The van der Waals surface area contributed by atoms with Crippen molar-refractivity contribution in [2.45, 2.75) is 20.5 Å². The molecule has 5 nitrogen and oxygen atoms in total. The smallest absolute Gasteiger partial charge is 0.266 e. The number of hydrogen-bond donors (Lipinski definition) is 1. The number of benzene rings is 3. The maximum absolute atomic E-state index is 12.7. The SMILES string of the molecule is CCOc1cc(/C=C(\C#N)C(=O)Nc2cccc(Cl)c2C)cc(Cl)c1OCc1ccc(Cl)cc1. The van der Waals surface area contributed by atoms with E-state index in [1.54, 1.807) is 49.4 Å². The molecule has 0 saturated carbocycles. The minimum Gasteiger partial charge on any atom is -0.490 e. The van der Waals surface area contributed by atoms with E-state index in [1.165, 1.54) is 6.08 Å². The van der Waals surface area contributed by atoms with Crippen molar-refractivity contribution in [1.82, 2.24) is 0 Å². The fourth-order valence-electron chi connectivity index (χ4n) is 3.06. The zero-order chi connectivity index (χ0) is 24.7. The van der Waals surface area contributed by atoms with Crippen LogP contribution in [-0.2, 0) is 11.4 Å². The number of nitrogens with one attached hydrogen (secondary N) is 1. The number of amides is 1. The highest BCUT2D eigenvalue weighted by atomic mass is 35.5. The molecule has 0 spiro atoms. The van der Waals surface area contributed by atoms with E-state index in [4.69, 9.17) is 44.3 Å². The van der Waals surface area contributed by atoms with E-state index in [9.17, 15) is 10.1 Å². The Kier molecular flexibility index (Phi) is 8.84. The molecule has 0 fully saturated rings. The number of anilines is 1. The third-order valence-electron chi connectivity index (χ3n) is 4.82. The Morgan fingerprint density at radius 1 is 1.06 bits per heavy atom. The molecule has 1 N–H and O–H groups in total. The number of halogens is 3. The van der Waals surface area contributed by atoms with Crippen molar-refractivity contribution in [2.75, 3.05) is 11.9 Å². The summed E-state index contributed by atoms with van der Waals surface area (Å²) < 4.78 is 11.6. The Bertz CT molecular complexity index is 1270. The molecular weight excluding hydrogens is 495 g/mol. The van der Waals surface area contributed by atoms with Crippen LogP contribution in [0.15, 0.2) is 60.2 Å². The maximum atomic E-state index is 12.7. The van der Waals surface area contributed by atoms with Crippen LogP contribution in [0.5, 0.6) is 11.5 Å². The molecule has 0 aromatic heterocycles. The second-order valence-corrected chi connectivity index (χ2v) is 8.47. The molecule has 8 heteroatoms. The lowest BCUT2D eigenvalue weighted by Crippen LogP contribution is -2.14. The Hall–Kier alpha value is -3.17. The summed E-state index contributed by atoms with van der Waals surface area (Å²) in [5.74, 6) is 0.205. The fraction of sp³-hybridized carbons (Fsp3) is 0.154. The van der Waals surface area contributed by atoms with Crippen LogP contribution < -0.4 is 14.8 Å². The number of ether oxygens (including phenoxy) is 2. The molecule has 0 atom stereocenters. The van der Waals surface area contributed by atoms with Crippen LogP contribution in [0.2, 0.25) is 15.1 Å². The van der Waals surface area contributed by atoms with Gasteiger partial charge in [-0.25, -0.2) is 0 Å². The molecule has 174 valence electrons. The second kappa shape index (κ2) is 11.8. The summed E-state index contributed by atoms with van der Waals surface area (Å²) in [7, 11) is 0. The first-order chi connectivity index (χ1) is 16.3. The van der Waals surface area contributed by atoms with E-state index < -0.39 is 5.91 Å². The van der Waals surface area contributed by atoms with Crippen molar-refractivity contribution in [3.8, 4) is 17.6 Å². The number of nitriles is 1. The standard InChI is InChI=1S/C26H21Cl3N2O3/c1-3-33-24-13-18(12-22(29)25(24)34-15-17-7-9-20(27)10-8-17)11-19(14-30)26(32)31-23-6-4-5-21(28)16(23)2/h4-13H,3,15H2,1-2H3,(H,31,32)/b19-11+. The van der Waals surface area contributed by atoms with E-state index in [0.717, 1.165) is 5.56 Å². The Labute approximate surface area is 213 Å². The number of hydrogen-bond acceptors (Lipinski definition) is 4. The summed E-state index contributed by atoms with van der Waals surface area (Å²) >= 11 is 18.5. The van der Waals surface area contributed by atoms with Crippen LogP contribution in [0.3, 0.4) is 0 Å². The highest BCUT2D eigenvalue weighted by Crippen LogP contribution is 2.38. The number of carbonyl (C=O) groups excluding carboxylic acids is 1. The van der Waals surface area contributed by atoms with Crippen molar-refractivity contribution in [2.24, 2.45) is 0 Å². The van der Waals surface area contributed by atoms with Gasteiger partial charge in [-0.3, -0.25) is 4.79 Å². The lowest BCUT2D eigenvalue weighted by atomic mass is 10.1. The van der Waals surface area contributed by atoms with Crippen molar-refractivity contribution < 1.29 is 14.3 Å². The van der Waals surface area contributed by atoms with Crippen LogP contribution in [0, 0.1) is 18.3 Å². The van der Waals surface area contributed by atoms with Gasteiger partial charge in [0.1, 0.15) is 18.2 Å². The van der Waals surface area contributed by atoms with Gasteiger partial charge < -0.3 is 14.8 Å². The van der Waals surface area contributed by atoms with Gasteiger partial charge in [0.2, 0.25) is 0 Å². The molecule has 3 aromatic rings. The number of nitrogens with zero attached hydrogens (tertiary/aromatic N) is 1. The van der Waals surface area contributed by atoms with Crippen LogP contribution in [-0.4, -0.2) is 12.5 Å². The molecule has 0 aliphatic carbocycles. The molecular formula is C26H21Cl3N2O3. The third-order valence-corrected chi connectivity index (χ3v) is 5.76. The Morgan fingerprint density at radius 3 is 2.47 bits per heavy atom. The van der Waals surface area contributed by atoms with Crippen molar-refractivity contribution in [3.63, 3.8) is 0 Å². The summed E-state index contributed by atoms with van der Waals surface area (Å²) in [6.45, 7) is 4.25. The van der Waals surface area contributed by atoms with Crippen molar-refractivity contribution in [1.29, 1.82) is 5.26 Å². The normalized spacial score (nSPS) is 11.0. The van der Waals surface area contributed by atoms with E-state index in [2.05, 4.69) is 5.32 Å². The van der Waals surface area contributed by atoms with E-state index in [0.29, 0.717) is 45.0 Å². The van der Waals surface area contributed by atoms with Crippen LogP contribution in [0.25, 0.3) is 6.08 Å². The highest BCUT2D eigenvalue weighted by molar-refractivity contribution is 6.32. The molecule has 0 saturated heterocycles. The summed E-state index contributed by atoms with van der Waals surface area (Å²) in [5.41, 5.74) is 2.55. The van der Waals surface area contributed by atoms with E-state index in [-0.39, 0.29) is 17.2 Å². The number of carbonyl (C=O) groups is 1. The molecule has 0 aliphatic heterocycles. The molecule has 3 rings (SSSR count). The summed E-state index contributed by atoms with van der Waals surface area (Å²) in [6, 6.07) is 17.6. The lowest BCUT2D eigenvalue weighted by Gasteiger charge is -2.15. The van der Waals surface area contributed by atoms with Gasteiger partial charge in [0.25, 0.3) is 5.91 Å². The molecule has 0 bridgehead atoms. The summed E-state index contributed by atoms with van der Waals surface area (Å²) in [6.07, 6.45) is 1.44. The van der Waals surface area contributed by atoms with Crippen molar-refractivity contribution in [3.05, 3.63) is 91.9 Å². The fourth-order valence-corrected chi connectivity index (χ4v) is 3.63. The maximum Gasteiger partial charge on any atom is 0.266 e. The van der Waals surface area contributed by atoms with E-state index in [1.807, 2.05) is 25.1 Å². The Balaban J connectivity index is 1.86. The van der Waals surface area contributed by atoms with Gasteiger partial charge in [-0.1, -0.05) is 53.0 Å². The van der Waals surface area contributed by atoms with Gasteiger partial charge in [-0.2, -0.15) is 5.26 Å². The zero-order valence-corrected chi connectivity index (χ0v) is 20.8. The minimum absolute atomic E-state index is 0.104. The average Bonchev–Trinajstić information content (AvgIpc) is 2.81. The third kappa shape index (κ3) is 6.45. The first kappa shape index (κ1) is 25.5. The molecule has 0 unspecified atom stereocenters. The van der Waals surface area contributed by atoms with Crippen LogP contribution in [0.1, 0.15) is 23.6 Å². The molecule has 0 radical (unpaired) electrons.